The first-order chi connectivity index (χ1) is 12.7. The maximum atomic E-state index is 12.4. The number of pyridine rings is 1. The number of nitrogens with zero attached hydrogens (tertiary/aromatic N) is 1. The zero-order valence-corrected chi connectivity index (χ0v) is 15.0. The molecule has 6 heteroatoms. The zero-order valence-electron chi connectivity index (χ0n) is 14.2. The number of anilines is 2. The molecule has 0 spiro atoms. The second-order valence-electron chi connectivity index (χ2n) is 5.56. The SMILES string of the molecule is COc1ccccc1CNC(=O)c1cc(Nc2cccc(Cl)c2)ccn1. The van der Waals surface area contributed by atoms with E-state index in [0.29, 0.717) is 17.3 Å². The van der Waals surface area contributed by atoms with Gasteiger partial charge in [-0.25, -0.2) is 0 Å². The normalized spacial score (nSPS) is 10.2. The topological polar surface area (TPSA) is 63.2 Å². The van der Waals surface area contributed by atoms with Gasteiger partial charge in [-0.3, -0.25) is 9.78 Å². The molecule has 0 aliphatic heterocycles. The number of methoxy groups -OCH3 is 1. The fraction of sp³-hybridized carbons (Fsp3) is 0.100. The van der Waals surface area contributed by atoms with Crippen LogP contribution in [0.15, 0.2) is 66.9 Å². The first-order valence-electron chi connectivity index (χ1n) is 8.04. The van der Waals surface area contributed by atoms with Crippen LogP contribution in [-0.4, -0.2) is 18.0 Å². The van der Waals surface area contributed by atoms with Crippen molar-refractivity contribution >= 4 is 28.9 Å². The van der Waals surface area contributed by atoms with E-state index in [0.717, 1.165) is 22.7 Å². The van der Waals surface area contributed by atoms with Crippen LogP contribution in [0.3, 0.4) is 0 Å². The number of carbonyl (C=O) groups excluding carboxylic acids is 1. The van der Waals surface area contributed by atoms with E-state index in [1.54, 1.807) is 31.5 Å². The molecule has 1 aromatic heterocycles. The molecule has 0 unspecified atom stereocenters. The summed E-state index contributed by atoms with van der Waals surface area (Å²) in [6.07, 6.45) is 1.59. The number of hydrogen-bond acceptors (Lipinski definition) is 4. The van der Waals surface area contributed by atoms with Gasteiger partial charge in [0.25, 0.3) is 5.91 Å². The van der Waals surface area contributed by atoms with Crippen molar-refractivity contribution in [3.05, 3.63) is 83.1 Å². The lowest BCUT2D eigenvalue weighted by Crippen LogP contribution is -2.24. The molecule has 26 heavy (non-hydrogen) atoms. The minimum Gasteiger partial charge on any atom is -0.496 e. The van der Waals surface area contributed by atoms with Crippen molar-refractivity contribution < 1.29 is 9.53 Å². The number of carbonyl (C=O) groups is 1. The third-order valence-electron chi connectivity index (χ3n) is 3.74. The maximum absolute atomic E-state index is 12.4. The Bertz CT molecular complexity index is 915. The summed E-state index contributed by atoms with van der Waals surface area (Å²) >= 11 is 5.99. The van der Waals surface area contributed by atoms with Crippen LogP contribution in [0.25, 0.3) is 0 Å². The van der Waals surface area contributed by atoms with E-state index in [1.165, 1.54) is 0 Å². The molecule has 3 aromatic rings. The smallest absolute Gasteiger partial charge is 0.270 e. The van der Waals surface area contributed by atoms with Crippen LogP contribution >= 0.6 is 11.6 Å². The van der Waals surface area contributed by atoms with E-state index in [9.17, 15) is 4.79 Å². The summed E-state index contributed by atoms with van der Waals surface area (Å²) < 4.78 is 5.29. The minimum absolute atomic E-state index is 0.259. The van der Waals surface area contributed by atoms with Crippen LogP contribution in [0.1, 0.15) is 16.1 Å². The van der Waals surface area contributed by atoms with Crippen molar-refractivity contribution in [3.8, 4) is 5.75 Å². The lowest BCUT2D eigenvalue weighted by molar-refractivity contribution is 0.0945. The molecule has 0 atom stereocenters. The van der Waals surface area contributed by atoms with Gasteiger partial charge >= 0.3 is 0 Å². The Kier molecular flexibility index (Phi) is 5.71. The summed E-state index contributed by atoms with van der Waals surface area (Å²) in [6.45, 7) is 0.358. The van der Waals surface area contributed by atoms with Gasteiger partial charge < -0.3 is 15.4 Å². The highest BCUT2D eigenvalue weighted by atomic mass is 35.5. The third-order valence-corrected chi connectivity index (χ3v) is 3.97. The van der Waals surface area contributed by atoms with Crippen LogP contribution in [0.4, 0.5) is 11.4 Å². The number of amides is 1. The fourth-order valence-electron chi connectivity index (χ4n) is 2.48. The first kappa shape index (κ1) is 17.8. The van der Waals surface area contributed by atoms with Crippen LogP contribution < -0.4 is 15.4 Å². The summed E-state index contributed by atoms with van der Waals surface area (Å²) in [6, 6.07) is 18.4. The highest BCUT2D eigenvalue weighted by molar-refractivity contribution is 6.30. The Morgan fingerprint density at radius 2 is 1.88 bits per heavy atom. The van der Waals surface area contributed by atoms with Gasteiger partial charge in [-0.2, -0.15) is 0 Å². The molecule has 0 aliphatic carbocycles. The summed E-state index contributed by atoms with van der Waals surface area (Å²) in [7, 11) is 1.60. The molecule has 0 radical (unpaired) electrons. The number of hydrogen-bond donors (Lipinski definition) is 2. The molecule has 1 amide bonds. The Morgan fingerprint density at radius 3 is 2.69 bits per heavy atom. The number of para-hydroxylation sites is 1. The fourth-order valence-corrected chi connectivity index (χ4v) is 2.67. The number of nitrogens with one attached hydrogen (secondary N) is 2. The largest absolute Gasteiger partial charge is 0.496 e. The van der Waals surface area contributed by atoms with Crippen LogP contribution in [0, 0.1) is 0 Å². The molecule has 0 bridgehead atoms. The molecule has 0 saturated carbocycles. The summed E-state index contributed by atoms with van der Waals surface area (Å²) in [5.74, 6) is 0.475. The lowest BCUT2D eigenvalue weighted by atomic mass is 10.2. The maximum Gasteiger partial charge on any atom is 0.270 e. The summed E-state index contributed by atoms with van der Waals surface area (Å²) in [4.78, 5) is 16.6. The Labute approximate surface area is 157 Å². The number of ether oxygens (including phenoxy) is 1. The summed E-state index contributed by atoms with van der Waals surface area (Å²) in [5, 5.41) is 6.71. The van der Waals surface area contributed by atoms with Gasteiger partial charge in [0.15, 0.2) is 0 Å². The van der Waals surface area contributed by atoms with Gasteiger partial charge in [-0.1, -0.05) is 35.9 Å². The van der Waals surface area contributed by atoms with E-state index in [1.807, 2.05) is 42.5 Å². The van der Waals surface area contributed by atoms with Crippen LogP contribution in [0.2, 0.25) is 5.02 Å². The predicted octanol–water partition coefficient (Wildman–Crippen LogP) is 4.42. The van der Waals surface area contributed by atoms with Crippen molar-refractivity contribution in [2.45, 2.75) is 6.54 Å². The van der Waals surface area contributed by atoms with Crippen molar-refractivity contribution in [1.82, 2.24) is 10.3 Å². The second kappa shape index (κ2) is 8.36. The monoisotopic (exact) mass is 367 g/mol. The van der Waals surface area contributed by atoms with E-state index in [-0.39, 0.29) is 5.91 Å². The Balaban J connectivity index is 1.68. The van der Waals surface area contributed by atoms with Gasteiger partial charge in [0.1, 0.15) is 11.4 Å². The molecule has 1 heterocycles. The van der Waals surface area contributed by atoms with Crippen molar-refractivity contribution in [2.24, 2.45) is 0 Å². The third kappa shape index (κ3) is 4.52. The lowest BCUT2D eigenvalue weighted by Gasteiger charge is -2.10. The molecule has 132 valence electrons. The van der Waals surface area contributed by atoms with Gasteiger partial charge in [0.05, 0.1) is 7.11 Å². The predicted molar refractivity (Wildman–Crippen MR) is 103 cm³/mol. The first-order valence-corrected chi connectivity index (χ1v) is 8.42. The molecule has 3 rings (SSSR count). The van der Waals surface area contributed by atoms with Gasteiger partial charge in [0, 0.05) is 34.7 Å². The van der Waals surface area contributed by atoms with E-state index in [2.05, 4.69) is 15.6 Å². The van der Waals surface area contributed by atoms with Gasteiger partial charge in [-0.05, 0) is 36.4 Å². The number of rotatable bonds is 6. The van der Waals surface area contributed by atoms with Crippen LogP contribution in [0.5, 0.6) is 5.75 Å². The van der Waals surface area contributed by atoms with Crippen molar-refractivity contribution in [1.29, 1.82) is 0 Å². The molecule has 0 fully saturated rings. The van der Waals surface area contributed by atoms with E-state index < -0.39 is 0 Å². The van der Waals surface area contributed by atoms with Crippen LogP contribution in [-0.2, 0) is 6.54 Å². The standard InChI is InChI=1S/C20H18ClN3O2/c1-26-19-8-3-2-5-14(19)13-23-20(25)18-12-17(9-10-22-18)24-16-7-4-6-15(21)11-16/h2-12H,13H2,1H3,(H,22,24)(H,23,25). The number of benzene rings is 2. The second-order valence-corrected chi connectivity index (χ2v) is 6.00. The van der Waals surface area contributed by atoms with Crippen molar-refractivity contribution in [3.63, 3.8) is 0 Å². The average molecular weight is 368 g/mol. The quantitative estimate of drug-likeness (QED) is 0.677. The molecule has 0 aliphatic rings. The zero-order chi connectivity index (χ0) is 18.4. The molecule has 2 N–H and O–H groups in total. The number of aromatic nitrogens is 1. The van der Waals surface area contributed by atoms with E-state index >= 15 is 0 Å². The highest BCUT2D eigenvalue weighted by Gasteiger charge is 2.09. The average Bonchev–Trinajstić information content (AvgIpc) is 2.66. The molecule has 5 nitrogen and oxygen atoms in total. The Hall–Kier alpha value is -3.05. The Morgan fingerprint density at radius 1 is 1.08 bits per heavy atom. The minimum atomic E-state index is -0.259. The molecular formula is C20H18ClN3O2. The summed E-state index contributed by atoms with van der Waals surface area (Å²) in [5.41, 5.74) is 2.82. The van der Waals surface area contributed by atoms with Gasteiger partial charge in [0.2, 0.25) is 0 Å². The van der Waals surface area contributed by atoms with Crippen molar-refractivity contribution in [2.75, 3.05) is 12.4 Å². The molecule has 0 saturated heterocycles. The highest BCUT2D eigenvalue weighted by Crippen LogP contribution is 2.20. The number of halogens is 1. The molecule has 2 aromatic carbocycles. The van der Waals surface area contributed by atoms with E-state index in [4.69, 9.17) is 16.3 Å². The molecular weight excluding hydrogens is 350 g/mol. The van der Waals surface area contributed by atoms with Gasteiger partial charge in [-0.15, -0.1) is 0 Å².